The molecule has 0 aliphatic carbocycles. The first-order valence-corrected chi connectivity index (χ1v) is 9.57. The fourth-order valence-corrected chi connectivity index (χ4v) is 3.68. The molecule has 1 amide bonds. The maximum Gasteiger partial charge on any atom is 0.416 e. The van der Waals surface area contributed by atoms with Crippen LogP contribution < -0.4 is 4.90 Å². The molecule has 1 aromatic carbocycles. The van der Waals surface area contributed by atoms with E-state index in [1.165, 1.54) is 11.8 Å². The fraction of sp³-hybridized carbons (Fsp3) is 0.667. The molecular formula is C21H30F3NO2. The average Bonchev–Trinajstić information content (AvgIpc) is 2.70. The molecule has 0 radical (unpaired) electrons. The zero-order chi connectivity index (χ0) is 20.6. The van der Waals surface area contributed by atoms with Gasteiger partial charge in [0.15, 0.2) is 0 Å². The Morgan fingerprint density at radius 3 is 2.44 bits per heavy atom. The number of anilines is 1. The number of hydrogen-bond acceptors (Lipinski definition) is 2. The molecule has 2 rings (SSSR count). The minimum absolute atomic E-state index is 0.124. The molecule has 0 saturated heterocycles. The van der Waals surface area contributed by atoms with Crippen LogP contribution in [-0.2, 0) is 10.9 Å². The van der Waals surface area contributed by atoms with Gasteiger partial charge in [0.05, 0.1) is 11.3 Å². The van der Waals surface area contributed by atoms with Crippen LogP contribution in [0.1, 0.15) is 76.5 Å². The average molecular weight is 385 g/mol. The van der Waals surface area contributed by atoms with Crippen LogP contribution in [0.25, 0.3) is 0 Å². The SMILES string of the molecule is CC[C@@H](C)C1CCCN(C(=O)OC(C)(C)C)c2cc(C(F)(F)F)c(C)cc21. The standard InChI is InChI=1S/C21H30F3NO2/c1-7-13(2)15-9-8-10-25(19(26)27-20(4,5)6)18-12-17(21(22,23)24)14(3)11-16(15)18/h11-13,15H,7-10H2,1-6H3/t13-,15?/m1/s1. The van der Waals surface area contributed by atoms with E-state index >= 15 is 0 Å². The first-order chi connectivity index (χ1) is 12.3. The topological polar surface area (TPSA) is 29.5 Å². The highest BCUT2D eigenvalue weighted by atomic mass is 19.4. The van der Waals surface area contributed by atoms with Gasteiger partial charge in [0.25, 0.3) is 0 Å². The molecule has 0 spiro atoms. The van der Waals surface area contributed by atoms with E-state index in [1.54, 1.807) is 26.8 Å². The normalized spacial score (nSPS) is 19.3. The van der Waals surface area contributed by atoms with Gasteiger partial charge < -0.3 is 4.74 Å². The lowest BCUT2D eigenvalue weighted by Crippen LogP contribution is -2.37. The van der Waals surface area contributed by atoms with Gasteiger partial charge in [0.1, 0.15) is 5.60 Å². The maximum absolute atomic E-state index is 13.5. The van der Waals surface area contributed by atoms with Crippen LogP contribution in [0.4, 0.5) is 23.7 Å². The van der Waals surface area contributed by atoms with E-state index in [-0.39, 0.29) is 11.5 Å². The van der Waals surface area contributed by atoms with E-state index in [0.717, 1.165) is 30.9 Å². The summed E-state index contributed by atoms with van der Waals surface area (Å²) in [5, 5.41) is 0. The summed E-state index contributed by atoms with van der Waals surface area (Å²) in [5.41, 5.74) is -0.0552. The zero-order valence-electron chi connectivity index (χ0n) is 17.0. The third-order valence-corrected chi connectivity index (χ3v) is 5.21. The number of benzene rings is 1. The number of halogens is 3. The van der Waals surface area contributed by atoms with Gasteiger partial charge in [0, 0.05) is 6.54 Å². The van der Waals surface area contributed by atoms with Gasteiger partial charge in [-0.25, -0.2) is 4.79 Å². The van der Waals surface area contributed by atoms with Crippen molar-refractivity contribution in [2.45, 2.75) is 78.5 Å². The summed E-state index contributed by atoms with van der Waals surface area (Å²) in [6.45, 7) is 11.3. The fourth-order valence-electron chi connectivity index (χ4n) is 3.68. The van der Waals surface area contributed by atoms with E-state index in [4.69, 9.17) is 4.74 Å². The Hall–Kier alpha value is -1.72. The van der Waals surface area contributed by atoms with Crippen molar-refractivity contribution in [3.63, 3.8) is 0 Å². The second-order valence-corrected chi connectivity index (χ2v) is 8.49. The number of fused-ring (bicyclic) bond motifs is 1. The molecule has 6 heteroatoms. The third kappa shape index (κ3) is 4.96. The number of carbonyl (C=O) groups is 1. The number of amides is 1. The van der Waals surface area contributed by atoms with E-state index in [9.17, 15) is 18.0 Å². The van der Waals surface area contributed by atoms with Crippen molar-refractivity contribution in [1.29, 1.82) is 0 Å². The summed E-state index contributed by atoms with van der Waals surface area (Å²) >= 11 is 0. The third-order valence-electron chi connectivity index (χ3n) is 5.21. The highest BCUT2D eigenvalue weighted by Crippen LogP contribution is 2.44. The van der Waals surface area contributed by atoms with Gasteiger partial charge in [-0.1, -0.05) is 26.3 Å². The van der Waals surface area contributed by atoms with Crippen LogP contribution in [0.2, 0.25) is 0 Å². The molecule has 0 bridgehead atoms. The maximum atomic E-state index is 13.5. The second kappa shape index (κ2) is 7.72. The molecule has 0 N–H and O–H groups in total. The molecule has 1 unspecified atom stereocenters. The predicted octanol–water partition coefficient (Wildman–Crippen LogP) is 6.68. The van der Waals surface area contributed by atoms with Gasteiger partial charge in [-0.2, -0.15) is 13.2 Å². The minimum Gasteiger partial charge on any atom is -0.443 e. The van der Waals surface area contributed by atoms with Gasteiger partial charge in [-0.15, -0.1) is 0 Å². The summed E-state index contributed by atoms with van der Waals surface area (Å²) in [7, 11) is 0. The Morgan fingerprint density at radius 2 is 1.93 bits per heavy atom. The van der Waals surface area contributed by atoms with Gasteiger partial charge in [-0.05, 0) is 69.6 Å². The largest absolute Gasteiger partial charge is 0.443 e. The molecule has 2 atom stereocenters. The van der Waals surface area contributed by atoms with Crippen LogP contribution in [0, 0.1) is 12.8 Å². The smallest absolute Gasteiger partial charge is 0.416 e. The van der Waals surface area contributed by atoms with Crippen LogP contribution in [0.15, 0.2) is 12.1 Å². The summed E-state index contributed by atoms with van der Waals surface area (Å²) < 4.78 is 46.0. The Labute approximate surface area is 159 Å². The molecular weight excluding hydrogens is 355 g/mol. The highest BCUT2D eigenvalue weighted by Gasteiger charge is 2.37. The summed E-state index contributed by atoms with van der Waals surface area (Å²) in [5.74, 6) is 0.442. The number of nitrogens with zero attached hydrogens (tertiary/aromatic N) is 1. The lowest BCUT2D eigenvalue weighted by molar-refractivity contribution is -0.138. The summed E-state index contributed by atoms with van der Waals surface area (Å²) in [6.07, 6.45) is -2.56. The van der Waals surface area contributed by atoms with Crippen LogP contribution in [0.3, 0.4) is 0 Å². The molecule has 1 aliphatic heterocycles. The first-order valence-electron chi connectivity index (χ1n) is 9.57. The van der Waals surface area contributed by atoms with Crippen molar-refractivity contribution >= 4 is 11.8 Å². The Bertz CT molecular complexity index is 692. The van der Waals surface area contributed by atoms with Crippen molar-refractivity contribution in [1.82, 2.24) is 0 Å². The Kier molecular flexibility index (Phi) is 6.17. The Morgan fingerprint density at radius 1 is 1.30 bits per heavy atom. The first kappa shape index (κ1) is 21.6. The molecule has 27 heavy (non-hydrogen) atoms. The van der Waals surface area contributed by atoms with Crippen molar-refractivity contribution in [2.75, 3.05) is 11.4 Å². The molecule has 0 fully saturated rings. The highest BCUT2D eigenvalue weighted by molar-refractivity contribution is 5.89. The number of aryl methyl sites for hydroxylation is 1. The molecule has 152 valence electrons. The number of carbonyl (C=O) groups excluding carboxylic acids is 1. The van der Waals surface area contributed by atoms with E-state index < -0.39 is 23.4 Å². The number of hydrogen-bond donors (Lipinski definition) is 0. The monoisotopic (exact) mass is 385 g/mol. The Balaban J connectivity index is 2.62. The van der Waals surface area contributed by atoms with Crippen molar-refractivity contribution in [2.24, 2.45) is 5.92 Å². The quantitative estimate of drug-likeness (QED) is 0.568. The minimum atomic E-state index is -4.46. The van der Waals surface area contributed by atoms with Gasteiger partial charge in [0.2, 0.25) is 0 Å². The van der Waals surface area contributed by atoms with E-state index in [2.05, 4.69) is 13.8 Å². The van der Waals surface area contributed by atoms with Crippen LogP contribution in [0.5, 0.6) is 0 Å². The molecule has 0 saturated carbocycles. The summed E-state index contributed by atoms with van der Waals surface area (Å²) in [6, 6.07) is 2.76. The van der Waals surface area contributed by atoms with Crippen molar-refractivity contribution < 1.29 is 22.7 Å². The van der Waals surface area contributed by atoms with E-state index in [1.807, 2.05) is 0 Å². The van der Waals surface area contributed by atoms with Gasteiger partial charge >= 0.3 is 12.3 Å². The molecule has 0 aromatic heterocycles. The zero-order valence-corrected chi connectivity index (χ0v) is 17.0. The number of ether oxygens (including phenoxy) is 1. The molecule has 1 aliphatic rings. The number of alkyl halides is 3. The lowest BCUT2D eigenvalue weighted by atomic mass is 9.81. The molecule has 1 heterocycles. The predicted molar refractivity (Wildman–Crippen MR) is 101 cm³/mol. The lowest BCUT2D eigenvalue weighted by Gasteiger charge is -2.30. The number of rotatable bonds is 2. The second-order valence-electron chi connectivity index (χ2n) is 8.49. The molecule has 3 nitrogen and oxygen atoms in total. The van der Waals surface area contributed by atoms with Crippen molar-refractivity contribution in [3.05, 3.63) is 28.8 Å². The van der Waals surface area contributed by atoms with Crippen LogP contribution in [-0.4, -0.2) is 18.2 Å². The van der Waals surface area contributed by atoms with E-state index in [0.29, 0.717) is 18.2 Å². The van der Waals surface area contributed by atoms with Gasteiger partial charge in [-0.3, -0.25) is 4.90 Å². The van der Waals surface area contributed by atoms with Crippen molar-refractivity contribution in [3.8, 4) is 0 Å². The summed E-state index contributed by atoms with van der Waals surface area (Å²) in [4.78, 5) is 14.1. The van der Waals surface area contributed by atoms with Crippen LogP contribution >= 0.6 is 0 Å². The molecule has 1 aromatic rings.